The Hall–Kier alpha value is 0.610. The molecule has 0 bridgehead atoms. The topological polar surface area (TPSA) is 66.4 Å². The van der Waals surface area contributed by atoms with Gasteiger partial charge in [0.05, 0.1) is 6.61 Å². The molecular weight excluding hydrogens is 491 g/mol. The fraction of sp³-hybridized carbons (Fsp3) is 0.935. The summed E-state index contributed by atoms with van der Waals surface area (Å²) in [6.45, 7) is 4.50. The predicted molar refractivity (Wildman–Crippen MR) is 155 cm³/mol. The van der Waals surface area contributed by atoms with Crippen molar-refractivity contribution in [3.63, 3.8) is 0 Å². The van der Waals surface area contributed by atoms with Gasteiger partial charge in [-0.1, -0.05) is 167 Å². The van der Waals surface area contributed by atoms with Gasteiger partial charge in [-0.25, -0.2) is 8.42 Å². The van der Waals surface area contributed by atoms with E-state index in [2.05, 4.69) is 30.2 Å². The number of hydrogen-bond acceptors (Lipinski definition) is 4. The third kappa shape index (κ3) is 34.6. The molecule has 4 nitrogen and oxygen atoms in total. The fourth-order valence-corrected chi connectivity index (χ4v) is 5.21. The van der Waals surface area contributed by atoms with Crippen LogP contribution in [0.1, 0.15) is 174 Å². The summed E-state index contributed by atoms with van der Waals surface area (Å²) < 4.78 is 37.2. The van der Waals surface area contributed by atoms with Crippen molar-refractivity contribution in [2.24, 2.45) is 5.92 Å². The first-order chi connectivity index (χ1) is 17.5. The molecule has 37 heavy (non-hydrogen) atoms. The van der Waals surface area contributed by atoms with Gasteiger partial charge in [0.1, 0.15) is 0 Å². The summed E-state index contributed by atoms with van der Waals surface area (Å²) in [5, 5.41) is 0. The molecule has 0 aliphatic rings. The Bertz CT molecular complexity index is 566. The monoisotopic (exact) mass is 552 g/mol. The van der Waals surface area contributed by atoms with Gasteiger partial charge in [0.15, 0.2) is 0 Å². The quantitative estimate of drug-likeness (QED) is 0.0318. The molecule has 0 amide bonds. The Balaban J connectivity index is 0. The van der Waals surface area contributed by atoms with Crippen LogP contribution in [-0.2, 0) is 14.6 Å². The first kappa shape index (κ1) is 39.8. The van der Waals surface area contributed by atoms with E-state index in [0.717, 1.165) is 19.3 Å². The third-order valence-corrected chi connectivity index (χ3v) is 7.66. The van der Waals surface area contributed by atoms with Crippen molar-refractivity contribution in [3.8, 4) is 0 Å². The average Bonchev–Trinajstić information content (AvgIpc) is 2.84. The van der Waals surface area contributed by atoms with E-state index in [9.17, 15) is 13.0 Å². The zero-order chi connectivity index (χ0) is 26.6. The molecule has 1 unspecified atom stereocenters. The average molecular weight is 553 g/mol. The summed E-state index contributed by atoms with van der Waals surface area (Å²) in [6, 6.07) is 0. The van der Waals surface area contributed by atoms with E-state index in [4.69, 9.17) is 0 Å². The molecule has 0 aromatic heterocycles. The molecule has 0 spiro atoms. The van der Waals surface area contributed by atoms with E-state index in [-0.39, 0.29) is 42.1 Å². The van der Waals surface area contributed by atoms with Crippen molar-refractivity contribution in [2.45, 2.75) is 174 Å². The van der Waals surface area contributed by atoms with E-state index in [1.165, 1.54) is 141 Å². The van der Waals surface area contributed by atoms with Gasteiger partial charge >= 0.3 is 29.6 Å². The first-order valence-electron chi connectivity index (χ1n) is 15.8. The summed E-state index contributed by atoms with van der Waals surface area (Å²) in [6.07, 6.45) is 36.6. The van der Waals surface area contributed by atoms with E-state index < -0.39 is 10.4 Å². The minimum atomic E-state index is -4.61. The second kappa shape index (κ2) is 31.1. The molecule has 0 heterocycles. The van der Waals surface area contributed by atoms with E-state index in [0.29, 0.717) is 0 Å². The molecule has 6 heteroatoms. The largest absolute Gasteiger partial charge is 1.00 e. The minimum absolute atomic E-state index is 0. The van der Waals surface area contributed by atoms with E-state index in [1.807, 2.05) is 0 Å². The maximum atomic E-state index is 10.9. The van der Waals surface area contributed by atoms with Crippen molar-refractivity contribution >= 4 is 10.4 Å². The molecule has 0 aromatic carbocycles. The number of rotatable bonds is 29. The SMILES string of the molecule is CCCCCCCCCCCCCCCC/C=C/C(CCCCCCCCCCC)COS(=O)(=O)[O-].[Na+]. The van der Waals surface area contributed by atoms with Crippen LogP contribution in [-0.4, -0.2) is 19.6 Å². The standard InChI is InChI=1S/C31H62O4S.Na/c1-3-5-7-9-11-13-14-15-16-17-18-19-21-23-25-27-29-31(30-35-36(32,33)34)28-26-24-22-20-12-10-8-6-4-2;/h27,29,31H,3-26,28,30H2,1-2H3,(H,32,33,34);/q;+1/p-1/b29-27+;. The van der Waals surface area contributed by atoms with Crippen molar-refractivity contribution < 1.29 is 46.7 Å². The van der Waals surface area contributed by atoms with Crippen LogP contribution in [0.25, 0.3) is 0 Å². The Morgan fingerprint density at radius 1 is 0.595 bits per heavy atom. The smallest absolute Gasteiger partial charge is 0.726 e. The van der Waals surface area contributed by atoms with Crippen molar-refractivity contribution in [1.82, 2.24) is 0 Å². The van der Waals surface area contributed by atoms with Crippen LogP contribution in [0, 0.1) is 5.92 Å². The van der Waals surface area contributed by atoms with Gasteiger partial charge in [-0.3, -0.25) is 4.18 Å². The summed E-state index contributed by atoms with van der Waals surface area (Å²) in [5.74, 6) is 0.0184. The molecule has 1 atom stereocenters. The number of unbranched alkanes of at least 4 members (excludes halogenated alkanes) is 22. The minimum Gasteiger partial charge on any atom is -0.726 e. The van der Waals surface area contributed by atoms with Crippen LogP contribution in [0.3, 0.4) is 0 Å². The second-order valence-electron chi connectivity index (χ2n) is 10.9. The zero-order valence-electron chi connectivity index (χ0n) is 25.2. The van der Waals surface area contributed by atoms with Gasteiger partial charge in [-0.15, -0.1) is 0 Å². The van der Waals surface area contributed by atoms with Gasteiger partial charge in [0, 0.05) is 5.92 Å². The van der Waals surface area contributed by atoms with Gasteiger partial charge in [-0.05, 0) is 19.3 Å². The maximum Gasteiger partial charge on any atom is 1.00 e. The molecule has 0 fully saturated rings. The molecule has 0 saturated heterocycles. The van der Waals surface area contributed by atoms with Crippen LogP contribution in [0.15, 0.2) is 12.2 Å². The van der Waals surface area contributed by atoms with Crippen molar-refractivity contribution in [3.05, 3.63) is 12.2 Å². The van der Waals surface area contributed by atoms with Crippen LogP contribution in [0.5, 0.6) is 0 Å². The Morgan fingerprint density at radius 3 is 1.32 bits per heavy atom. The van der Waals surface area contributed by atoms with Crippen LogP contribution in [0.2, 0.25) is 0 Å². The molecule has 0 aliphatic carbocycles. The van der Waals surface area contributed by atoms with E-state index >= 15 is 0 Å². The second-order valence-corrected chi connectivity index (χ2v) is 11.9. The zero-order valence-corrected chi connectivity index (χ0v) is 28.0. The summed E-state index contributed by atoms with van der Waals surface area (Å²) >= 11 is 0. The third-order valence-electron chi connectivity index (χ3n) is 7.24. The summed E-state index contributed by atoms with van der Waals surface area (Å²) in [4.78, 5) is 0. The molecule has 0 N–H and O–H groups in total. The Kier molecular flexibility index (Phi) is 33.5. The van der Waals surface area contributed by atoms with Gasteiger partial charge < -0.3 is 4.55 Å². The molecule has 0 saturated carbocycles. The normalized spacial score (nSPS) is 12.7. The molecule has 0 aromatic rings. The molecule has 0 rings (SSSR count). The fourth-order valence-electron chi connectivity index (χ4n) is 4.87. The molecule has 0 radical (unpaired) electrons. The first-order valence-corrected chi connectivity index (χ1v) is 17.1. The molecular formula is C31H61NaO4S. The Labute approximate surface area is 254 Å². The number of allylic oxidation sites excluding steroid dienone is 1. The number of hydrogen-bond donors (Lipinski definition) is 0. The van der Waals surface area contributed by atoms with Crippen LogP contribution < -0.4 is 29.6 Å². The summed E-state index contributed by atoms with van der Waals surface area (Å²) in [5.41, 5.74) is 0. The van der Waals surface area contributed by atoms with Gasteiger partial charge in [0.2, 0.25) is 10.4 Å². The predicted octanol–water partition coefficient (Wildman–Crippen LogP) is 7.43. The molecule has 0 aliphatic heterocycles. The Morgan fingerprint density at radius 2 is 0.946 bits per heavy atom. The summed E-state index contributed by atoms with van der Waals surface area (Å²) in [7, 11) is -4.61. The maximum absolute atomic E-state index is 10.9. The molecule has 216 valence electrons. The van der Waals surface area contributed by atoms with Gasteiger partial charge in [0.25, 0.3) is 0 Å². The van der Waals surface area contributed by atoms with Crippen molar-refractivity contribution in [1.29, 1.82) is 0 Å². The van der Waals surface area contributed by atoms with Crippen LogP contribution in [0.4, 0.5) is 0 Å². The van der Waals surface area contributed by atoms with E-state index in [1.54, 1.807) is 0 Å². The van der Waals surface area contributed by atoms with Gasteiger partial charge in [-0.2, -0.15) is 0 Å². The van der Waals surface area contributed by atoms with Crippen LogP contribution >= 0.6 is 0 Å². The van der Waals surface area contributed by atoms with Crippen molar-refractivity contribution in [2.75, 3.05) is 6.61 Å².